The Labute approximate surface area is 177 Å². The number of ether oxygens (including phenoxy) is 2. The van der Waals surface area contributed by atoms with Crippen molar-refractivity contribution in [3.8, 4) is 22.8 Å². The maximum Gasteiger partial charge on any atom is 0.161 e. The molecular formula is C25H30N2O3. The number of Topliss-reactive ketones (excluding diaryl/α,β-unsaturated/α-hetero) is 1. The second-order valence-corrected chi connectivity index (χ2v) is 8.36. The first-order valence-corrected chi connectivity index (χ1v) is 10.7. The van der Waals surface area contributed by atoms with E-state index in [1.807, 2.05) is 12.1 Å². The van der Waals surface area contributed by atoms with Crippen molar-refractivity contribution in [2.45, 2.75) is 51.5 Å². The fourth-order valence-electron chi connectivity index (χ4n) is 4.44. The fraction of sp³-hybridized carbons (Fsp3) is 0.400. The minimum absolute atomic E-state index is 0.351. The number of aromatic nitrogens is 1. The van der Waals surface area contributed by atoms with E-state index in [-0.39, 0.29) is 0 Å². The molecule has 2 aromatic carbocycles. The molecule has 2 N–H and O–H groups in total. The van der Waals surface area contributed by atoms with Gasteiger partial charge in [0.1, 0.15) is 5.78 Å². The summed E-state index contributed by atoms with van der Waals surface area (Å²) in [5, 5.41) is 4.87. The van der Waals surface area contributed by atoms with Gasteiger partial charge in [-0.3, -0.25) is 4.79 Å². The van der Waals surface area contributed by atoms with Crippen LogP contribution < -0.4 is 14.8 Å². The number of fused-ring (bicyclic) bond motifs is 1. The molecule has 4 rings (SSSR count). The van der Waals surface area contributed by atoms with Crippen molar-refractivity contribution >= 4 is 22.4 Å². The van der Waals surface area contributed by atoms with Crippen LogP contribution in [0.3, 0.4) is 0 Å². The van der Waals surface area contributed by atoms with Gasteiger partial charge in [0.2, 0.25) is 0 Å². The number of ketones is 1. The Bertz CT molecular complexity index is 1060. The minimum atomic E-state index is 0.351. The highest BCUT2D eigenvalue weighted by Crippen LogP contribution is 2.39. The minimum Gasteiger partial charge on any atom is -0.493 e. The Morgan fingerprint density at radius 2 is 1.73 bits per heavy atom. The molecule has 0 amide bonds. The molecule has 0 aliphatic heterocycles. The highest BCUT2D eigenvalue weighted by molar-refractivity contribution is 5.93. The highest BCUT2D eigenvalue weighted by atomic mass is 16.5. The molecule has 0 saturated heterocycles. The number of aromatic amines is 1. The van der Waals surface area contributed by atoms with Crippen LogP contribution in [0.4, 0.5) is 5.69 Å². The largest absolute Gasteiger partial charge is 0.493 e. The third-order valence-corrected chi connectivity index (χ3v) is 6.00. The predicted octanol–water partition coefficient (Wildman–Crippen LogP) is 5.90. The number of rotatable bonds is 6. The number of nitrogens with one attached hydrogen (secondary N) is 2. The molecule has 0 spiro atoms. The third-order valence-electron chi connectivity index (χ3n) is 6.00. The SMILES string of the molecule is COc1ccc(-c2[nH]c3ccc(NC4CCC(=O)CC4)cc3c2C(C)C)cc1OC. The van der Waals surface area contributed by atoms with Crippen LogP contribution >= 0.6 is 0 Å². The monoisotopic (exact) mass is 406 g/mol. The number of hydrogen-bond acceptors (Lipinski definition) is 4. The normalized spacial score (nSPS) is 15.0. The highest BCUT2D eigenvalue weighted by Gasteiger charge is 2.20. The van der Waals surface area contributed by atoms with E-state index < -0.39 is 0 Å². The first-order chi connectivity index (χ1) is 14.5. The van der Waals surface area contributed by atoms with Crippen LogP contribution in [0.25, 0.3) is 22.2 Å². The van der Waals surface area contributed by atoms with Crippen LogP contribution in [0.2, 0.25) is 0 Å². The van der Waals surface area contributed by atoms with E-state index in [2.05, 4.69) is 48.4 Å². The smallest absolute Gasteiger partial charge is 0.161 e. The molecular weight excluding hydrogens is 376 g/mol. The van der Waals surface area contributed by atoms with Crippen LogP contribution in [0.15, 0.2) is 36.4 Å². The number of carbonyl (C=O) groups is 1. The van der Waals surface area contributed by atoms with Crippen LogP contribution in [0.5, 0.6) is 11.5 Å². The molecule has 0 radical (unpaired) electrons. The van der Waals surface area contributed by atoms with E-state index >= 15 is 0 Å². The number of hydrogen-bond donors (Lipinski definition) is 2. The van der Waals surface area contributed by atoms with Crippen LogP contribution in [-0.2, 0) is 4.79 Å². The summed E-state index contributed by atoms with van der Waals surface area (Å²) in [4.78, 5) is 15.1. The Morgan fingerprint density at radius 1 is 1.00 bits per heavy atom. The molecule has 5 heteroatoms. The summed E-state index contributed by atoms with van der Waals surface area (Å²) in [5.41, 5.74) is 5.71. The Morgan fingerprint density at radius 3 is 2.40 bits per heavy atom. The lowest BCUT2D eigenvalue weighted by Crippen LogP contribution is -2.25. The molecule has 158 valence electrons. The molecule has 0 atom stereocenters. The van der Waals surface area contributed by atoms with E-state index in [9.17, 15) is 4.79 Å². The molecule has 1 heterocycles. The summed E-state index contributed by atoms with van der Waals surface area (Å²) in [7, 11) is 3.31. The summed E-state index contributed by atoms with van der Waals surface area (Å²) in [6, 6.07) is 12.9. The van der Waals surface area contributed by atoms with Crippen molar-refractivity contribution in [2.24, 2.45) is 0 Å². The quantitative estimate of drug-likeness (QED) is 0.535. The molecule has 1 aliphatic rings. The predicted molar refractivity (Wildman–Crippen MR) is 122 cm³/mol. The van der Waals surface area contributed by atoms with Gasteiger partial charge in [0.15, 0.2) is 11.5 Å². The van der Waals surface area contributed by atoms with Crippen molar-refractivity contribution < 1.29 is 14.3 Å². The Balaban J connectivity index is 1.73. The molecule has 1 aliphatic carbocycles. The van der Waals surface area contributed by atoms with E-state index in [4.69, 9.17) is 9.47 Å². The molecule has 0 bridgehead atoms. The maximum atomic E-state index is 11.5. The zero-order valence-electron chi connectivity index (χ0n) is 18.2. The van der Waals surface area contributed by atoms with E-state index in [0.717, 1.165) is 46.8 Å². The molecule has 5 nitrogen and oxygen atoms in total. The van der Waals surface area contributed by atoms with Gasteiger partial charge in [-0.25, -0.2) is 0 Å². The van der Waals surface area contributed by atoms with E-state index in [0.29, 0.717) is 30.6 Å². The molecule has 3 aromatic rings. The number of H-pyrrole nitrogens is 1. The maximum absolute atomic E-state index is 11.5. The summed E-state index contributed by atoms with van der Waals surface area (Å²) in [6.07, 6.45) is 3.20. The lowest BCUT2D eigenvalue weighted by Gasteiger charge is -2.23. The van der Waals surface area contributed by atoms with Crippen LogP contribution in [0, 0.1) is 0 Å². The molecule has 1 aromatic heterocycles. The fourth-order valence-corrected chi connectivity index (χ4v) is 4.44. The van der Waals surface area contributed by atoms with Crippen molar-refractivity contribution in [2.75, 3.05) is 19.5 Å². The average Bonchev–Trinajstić information content (AvgIpc) is 3.14. The third kappa shape index (κ3) is 3.89. The summed E-state index contributed by atoms with van der Waals surface area (Å²) in [5.74, 6) is 2.18. The van der Waals surface area contributed by atoms with Gasteiger partial charge < -0.3 is 19.8 Å². The van der Waals surface area contributed by atoms with Gasteiger partial charge in [0.25, 0.3) is 0 Å². The van der Waals surface area contributed by atoms with E-state index in [1.54, 1.807) is 14.2 Å². The zero-order chi connectivity index (χ0) is 21.3. The van der Waals surface area contributed by atoms with Gasteiger partial charge in [0, 0.05) is 41.0 Å². The van der Waals surface area contributed by atoms with Crippen molar-refractivity contribution in [1.82, 2.24) is 4.98 Å². The van der Waals surface area contributed by atoms with E-state index in [1.165, 1.54) is 10.9 Å². The molecule has 30 heavy (non-hydrogen) atoms. The lowest BCUT2D eigenvalue weighted by atomic mass is 9.93. The Hall–Kier alpha value is -2.95. The van der Waals surface area contributed by atoms with Gasteiger partial charge >= 0.3 is 0 Å². The number of anilines is 1. The number of carbonyl (C=O) groups excluding carboxylic acids is 1. The summed E-state index contributed by atoms with van der Waals surface area (Å²) >= 11 is 0. The topological polar surface area (TPSA) is 63.3 Å². The van der Waals surface area contributed by atoms with Gasteiger partial charge in [-0.1, -0.05) is 13.8 Å². The first kappa shape index (κ1) is 20.3. The zero-order valence-corrected chi connectivity index (χ0v) is 18.2. The Kier molecular flexibility index (Phi) is 5.71. The van der Waals surface area contributed by atoms with Gasteiger partial charge in [0.05, 0.1) is 19.9 Å². The van der Waals surface area contributed by atoms with Gasteiger partial charge in [-0.05, 0) is 60.7 Å². The number of methoxy groups -OCH3 is 2. The summed E-state index contributed by atoms with van der Waals surface area (Å²) < 4.78 is 10.9. The second kappa shape index (κ2) is 8.42. The van der Waals surface area contributed by atoms with Crippen LogP contribution in [0.1, 0.15) is 51.0 Å². The lowest BCUT2D eigenvalue weighted by molar-refractivity contribution is -0.120. The molecule has 1 fully saturated rings. The molecule has 0 unspecified atom stereocenters. The molecule has 1 saturated carbocycles. The average molecular weight is 407 g/mol. The second-order valence-electron chi connectivity index (χ2n) is 8.36. The van der Waals surface area contributed by atoms with Crippen LogP contribution in [-0.4, -0.2) is 31.0 Å². The number of benzene rings is 2. The van der Waals surface area contributed by atoms with Crippen molar-refractivity contribution in [3.05, 3.63) is 42.0 Å². The van der Waals surface area contributed by atoms with Gasteiger partial charge in [-0.15, -0.1) is 0 Å². The standard InChI is InChI=1S/C25H30N2O3/c1-15(2)24-20-14-18(26-17-6-9-19(28)10-7-17)8-11-21(20)27-25(24)16-5-12-22(29-3)23(13-16)30-4/h5,8,11-15,17,26-27H,6-7,9-10H2,1-4H3. The summed E-state index contributed by atoms with van der Waals surface area (Å²) in [6.45, 7) is 4.44. The van der Waals surface area contributed by atoms with Crippen molar-refractivity contribution in [3.63, 3.8) is 0 Å². The van der Waals surface area contributed by atoms with Gasteiger partial charge in [-0.2, -0.15) is 0 Å². The first-order valence-electron chi connectivity index (χ1n) is 10.7. The van der Waals surface area contributed by atoms with Crippen molar-refractivity contribution in [1.29, 1.82) is 0 Å².